The van der Waals surface area contributed by atoms with E-state index in [1.165, 1.54) is 0 Å². The van der Waals surface area contributed by atoms with Crippen molar-refractivity contribution < 1.29 is 27.9 Å². The molecule has 8 nitrogen and oxygen atoms in total. The summed E-state index contributed by atoms with van der Waals surface area (Å²) in [6.07, 6.45) is 1.29. The third-order valence-electron chi connectivity index (χ3n) is 5.55. The summed E-state index contributed by atoms with van der Waals surface area (Å²) in [6, 6.07) is 7.80. The Morgan fingerprint density at radius 3 is 2.47 bits per heavy atom. The van der Waals surface area contributed by atoms with E-state index in [4.69, 9.17) is 9.90 Å². The zero-order valence-electron chi connectivity index (χ0n) is 17.5. The van der Waals surface area contributed by atoms with Crippen LogP contribution in [0.25, 0.3) is 0 Å². The van der Waals surface area contributed by atoms with Gasteiger partial charge in [0.25, 0.3) is 0 Å². The minimum absolute atomic E-state index is 0.261. The van der Waals surface area contributed by atoms with E-state index in [0.29, 0.717) is 13.1 Å². The van der Waals surface area contributed by atoms with E-state index < -0.39 is 12.1 Å². The predicted octanol–water partition coefficient (Wildman–Crippen LogP) is 2.83. The molecule has 4 heterocycles. The first-order valence-electron chi connectivity index (χ1n) is 10.1. The number of piperidine rings is 1. The molecule has 0 saturated carbocycles. The van der Waals surface area contributed by atoms with Gasteiger partial charge in [0.1, 0.15) is 0 Å². The molecule has 0 bridgehead atoms. The maximum Gasteiger partial charge on any atom is 0.490 e. The minimum Gasteiger partial charge on any atom is -0.475 e. The number of alkyl halides is 3. The summed E-state index contributed by atoms with van der Waals surface area (Å²) in [5, 5.41) is 7.12. The van der Waals surface area contributed by atoms with Crippen LogP contribution in [0.15, 0.2) is 36.7 Å². The summed E-state index contributed by atoms with van der Waals surface area (Å²) in [5.41, 5.74) is 1.66. The highest BCUT2D eigenvalue weighted by atomic mass is 19.4. The van der Waals surface area contributed by atoms with Crippen molar-refractivity contribution in [3.8, 4) is 0 Å². The van der Waals surface area contributed by atoms with Crippen LogP contribution in [0, 0.1) is 12.3 Å². The summed E-state index contributed by atoms with van der Waals surface area (Å²) in [4.78, 5) is 39.5. The van der Waals surface area contributed by atoms with E-state index in [9.17, 15) is 18.0 Å². The SMILES string of the molecule is Cc1cccc(CN2CCC3(CCCN(c4ncccn4)C3)C2=O)n1.O=C(O)C(F)(F)F. The topological polar surface area (TPSA) is 99.5 Å². The third kappa shape index (κ3) is 5.51. The first-order chi connectivity index (χ1) is 15.1. The number of likely N-dealkylation sites (tertiary alicyclic amines) is 1. The molecule has 1 atom stereocenters. The number of carboxylic acid groups (broad SMARTS) is 1. The Bertz CT molecular complexity index is 957. The number of halogens is 3. The molecule has 32 heavy (non-hydrogen) atoms. The van der Waals surface area contributed by atoms with Crippen LogP contribution in [0.5, 0.6) is 0 Å². The smallest absolute Gasteiger partial charge is 0.475 e. The van der Waals surface area contributed by atoms with Crippen LogP contribution in [-0.4, -0.2) is 62.6 Å². The molecule has 172 valence electrons. The van der Waals surface area contributed by atoms with Crippen molar-refractivity contribution in [2.24, 2.45) is 5.41 Å². The fourth-order valence-corrected chi connectivity index (χ4v) is 4.06. The molecule has 2 fully saturated rings. The lowest BCUT2D eigenvalue weighted by Gasteiger charge is -2.39. The number of carbonyl (C=O) groups excluding carboxylic acids is 1. The Labute approximate surface area is 183 Å². The number of hydrogen-bond donors (Lipinski definition) is 1. The highest BCUT2D eigenvalue weighted by molar-refractivity contribution is 5.85. The van der Waals surface area contributed by atoms with Crippen molar-refractivity contribution in [1.29, 1.82) is 0 Å². The van der Waals surface area contributed by atoms with Gasteiger partial charge in [-0.1, -0.05) is 6.07 Å². The van der Waals surface area contributed by atoms with Crippen LogP contribution in [-0.2, 0) is 16.1 Å². The number of aryl methyl sites for hydroxylation is 1. The fraction of sp³-hybridized carbons (Fsp3) is 0.476. The summed E-state index contributed by atoms with van der Waals surface area (Å²) in [6.45, 7) is 5.02. The minimum atomic E-state index is -5.08. The maximum atomic E-state index is 13.2. The molecule has 0 aliphatic carbocycles. The molecular formula is C21H24F3N5O3. The van der Waals surface area contributed by atoms with Crippen molar-refractivity contribution in [2.45, 2.75) is 38.9 Å². The van der Waals surface area contributed by atoms with E-state index in [1.54, 1.807) is 12.4 Å². The second-order valence-electron chi connectivity index (χ2n) is 7.90. The molecule has 2 aromatic heterocycles. The summed E-state index contributed by atoms with van der Waals surface area (Å²) < 4.78 is 31.7. The van der Waals surface area contributed by atoms with Gasteiger partial charge in [-0.05, 0) is 44.4 Å². The number of amides is 1. The average Bonchev–Trinajstić information content (AvgIpc) is 3.04. The molecule has 2 saturated heterocycles. The van der Waals surface area contributed by atoms with Gasteiger partial charge in [0.15, 0.2) is 0 Å². The van der Waals surface area contributed by atoms with Gasteiger partial charge in [0.05, 0.1) is 17.7 Å². The second kappa shape index (κ2) is 9.49. The number of hydrogen-bond acceptors (Lipinski definition) is 6. The molecule has 0 aromatic carbocycles. The molecule has 1 unspecified atom stereocenters. The van der Waals surface area contributed by atoms with Gasteiger partial charge in [-0.15, -0.1) is 0 Å². The number of rotatable bonds is 3. The number of pyridine rings is 1. The van der Waals surface area contributed by atoms with Crippen LogP contribution >= 0.6 is 0 Å². The van der Waals surface area contributed by atoms with Gasteiger partial charge in [-0.3, -0.25) is 9.78 Å². The first kappa shape index (κ1) is 23.4. The zero-order chi connectivity index (χ0) is 23.4. The normalized spacial score (nSPS) is 20.8. The molecular weight excluding hydrogens is 427 g/mol. The van der Waals surface area contributed by atoms with Crippen molar-refractivity contribution in [3.63, 3.8) is 0 Å². The average molecular weight is 451 g/mol. The molecule has 2 aliphatic heterocycles. The van der Waals surface area contributed by atoms with Crippen LogP contribution in [0.1, 0.15) is 30.7 Å². The number of anilines is 1. The van der Waals surface area contributed by atoms with Gasteiger partial charge in [-0.2, -0.15) is 13.2 Å². The van der Waals surface area contributed by atoms with Gasteiger partial charge in [0, 0.05) is 37.7 Å². The van der Waals surface area contributed by atoms with Crippen LogP contribution in [0.4, 0.5) is 19.1 Å². The van der Waals surface area contributed by atoms with E-state index in [2.05, 4.69) is 19.9 Å². The van der Waals surface area contributed by atoms with E-state index in [1.807, 2.05) is 36.1 Å². The van der Waals surface area contributed by atoms with Crippen molar-refractivity contribution >= 4 is 17.8 Å². The van der Waals surface area contributed by atoms with Crippen molar-refractivity contribution in [3.05, 3.63) is 48.0 Å². The van der Waals surface area contributed by atoms with Crippen LogP contribution in [0.3, 0.4) is 0 Å². The number of aromatic nitrogens is 3. The lowest BCUT2D eigenvalue weighted by molar-refractivity contribution is -0.192. The highest BCUT2D eigenvalue weighted by Gasteiger charge is 2.49. The quantitative estimate of drug-likeness (QED) is 0.766. The Kier molecular flexibility index (Phi) is 6.95. The standard InChI is InChI=1S/C19H23N5O.C2HF3O2/c1-15-5-2-6-16(22-15)13-23-12-8-19(17(23)25)7-3-11-24(14-19)18-20-9-4-10-21-18;3-2(4,5)1(6)7/h2,4-6,9-10H,3,7-8,11-14H2,1H3;(H,6,7). The first-order valence-corrected chi connectivity index (χ1v) is 10.1. The molecule has 1 spiro atoms. The van der Waals surface area contributed by atoms with Crippen LogP contribution < -0.4 is 4.90 Å². The summed E-state index contributed by atoms with van der Waals surface area (Å²) in [7, 11) is 0. The molecule has 4 rings (SSSR count). The van der Waals surface area contributed by atoms with E-state index in [0.717, 1.165) is 49.7 Å². The number of carboxylic acids is 1. The fourth-order valence-electron chi connectivity index (χ4n) is 4.06. The van der Waals surface area contributed by atoms with Gasteiger partial charge in [-0.25, -0.2) is 14.8 Å². The third-order valence-corrected chi connectivity index (χ3v) is 5.55. The van der Waals surface area contributed by atoms with Gasteiger partial charge < -0.3 is 14.9 Å². The van der Waals surface area contributed by atoms with Gasteiger partial charge in [0.2, 0.25) is 11.9 Å². The molecule has 1 amide bonds. The number of nitrogens with zero attached hydrogens (tertiary/aromatic N) is 5. The van der Waals surface area contributed by atoms with Crippen molar-refractivity contribution in [2.75, 3.05) is 24.5 Å². The molecule has 0 radical (unpaired) electrons. The maximum absolute atomic E-state index is 13.2. The van der Waals surface area contributed by atoms with Gasteiger partial charge >= 0.3 is 12.1 Å². The Hall–Kier alpha value is -3.24. The summed E-state index contributed by atoms with van der Waals surface area (Å²) in [5.74, 6) is -1.77. The Balaban J connectivity index is 0.000000360. The second-order valence-corrected chi connectivity index (χ2v) is 7.90. The Morgan fingerprint density at radius 2 is 1.84 bits per heavy atom. The number of carbonyl (C=O) groups is 2. The zero-order valence-corrected chi connectivity index (χ0v) is 17.5. The predicted molar refractivity (Wildman–Crippen MR) is 109 cm³/mol. The summed E-state index contributed by atoms with van der Waals surface area (Å²) >= 11 is 0. The highest BCUT2D eigenvalue weighted by Crippen LogP contribution is 2.41. The van der Waals surface area contributed by atoms with E-state index in [-0.39, 0.29) is 11.3 Å². The molecule has 11 heteroatoms. The lowest BCUT2D eigenvalue weighted by atomic mass is 9.78. The number of aliphatic carboxylic acids is 1. The lowest BCUT2D eigenvalue weighted by Crippen LogP contribution is -2.48. The largest absolute Gasteiger partial charge is 0.490 e. The Morgan fingerprint density at radius 1 is 1.16 bits per heavy atom. The monoisotopic (exact) mass is 451 g/mol. The van der Waals surface area contributed by atoms with Crippen LogP contribution in [0.2, 0.25) is 0 Å². The van der Waals surface area contributed by atoms with E-state index >= 15 is 0 Å². The molecule has 2 aliphatic rings. The molecule has 1 N–H and O–H groups in total. The van der Waals surface area contributed by atoms with Crippen molar-refractivity contribution in [1.82, 2.24) is 19.9 Å². The molecule has 2 aromatic rings.